The summed E-state index contributed by atoms with van der Waals surface area (Å²) in [5, 5.41) is 13.5. The van der Waals surface area contributed by atoms with Gasteiger partial charge in [-0.3, -0.25) is 9.59 Å². The highest BCUT2D eigenvalue weighted by Gasteiger charge is 2.45. The Morgan fingerprint density at radius 1 is 1.00 bits per heavy atom. The van der Waals surface area contributed by atoms with Gasteiger partial charge in [0.2, 0.25) is 11.9 Å². The van der Waals surface area contributed by atoms with Crippen molar-refractivity contribution in [3.8, 4) is 0 Å². The Labute approximate surface area is 237 Å². The van der Waals surface area contributed by atoms with E-state index < -0.39 is 12.0 Å². The lowest BCUT2D eigenvalue weighted by atomic mass is 10.0. The molecule has 6 rings (SSSR count). The molecule has 1 saturated carbocycles. The number of carboxylic acid groups (broad SMARTS) is 1. The topological polar surface area (TPSA) is 160 Å². The molecule has 12 nitrogen and oxygen atoms in total. The minimum atomic E-state index is -0.980. The van der Waals surface area contributed by atoms with Gasteiger partial charge in [0.15, 0.2) is 0 Å². The number of aromatic carboxylic acids is 1. The van der Waals surface area contributed by atoms with Crippen LogP contribution >= 0.6 is 0 Å². The average Bonchev–Trinajstić information content (AvgIpc) is 3.68. The van der Waals surface area contributed by atoms with Crippen LogP contribution in [-0.2, 0) is 4.79 Å². The number of nitrogens with zero attached hydrogens (tertiary/aromatic N) is 6. The Morgan fingerprint density at radius 3 is 2.32 bits per heavy atom. The molecule has 4 N–H and O–H groups in total. The molecule has 2 unspecified atom stereocenters. The summed E-state index contributed by atoms with van der Waals surface area (Å²) in [5.41, 5.74) is 7.42. The van der Waals surface area contributed by atoms with E-state index in [9.17, 15) is 19.5 Å². The Bertz CT molecular complexity index is 1470. The van der Waals surface area contributed by atoms with Crippen molar-refractivity contribution in [1.82, 2.24) is 29.3 Å². The second-order valence-corrected chi connectivity index (χ2v) is 11.8. The minimum Gasteiger partial charge on any atom is -0.477 e. The Morgan fingerprint density at radius 2 is 1.71 bits per heavy atom. The van der Waals surface area contributed by atoms with Crippen LogP contribution in [0.15, 0.2) is 30.6 Å². The monoisotopic (exact) mass is 560 g/mol. The number of anilines is 2. The minimum absolute atomic E-state index is 0.0132. The molecule has 3 aliphatic rings. The van der Waals surface area contributed by atoms with Crippen LogP contribution < -0.4 is 11.1 Å². The zero-order valence-electron chi connectivity index (χ0n) is 23.4. The van der Waals surface area contributed by atoms with E-state index in [2.05, 4.69) is 20.3 Å². The van der Waals surface area contributed by atoms with Gasteiger partial charge in [0.1, 0.15) is 17.2 Å². The molecule has 3 aromatic heterocycles. The fraction of sp³-hybridized carbons (Fsp3) is 0.517. The molecule has 1 aliphatic carbocycles. The highest BCUT2D eigenvalue weighted by molar-refractivity contribution is 5.95. The molecule has 2 aliphatic heterocycles. The molecule has 216 valence electrons. The van der Waals surface area contributed by atoms with Gasteiger partial charge >= 0.3 is 5.97 Å². The third-order valence-corrected chi connectivity index (χ3v) is 8.76. The number of piperazine rings is 1. The standard InChI is InChI=1S/C29H36N8O4/c1-16(2)24(30)27(39)36-20-8-9-21(36)15-35(14-20)26(38)17-7-10-23(31-12-17)33-29-32-13-18-11-22(28(40)41)37(25(18)34-29)19-5-3-4-6-19/h7,10-13,16,19-21,24H,3-6,8-9,14-15,30H2,1-2H3,(H,40,41)(H,31,32,33,34)/t20?,21?,24-/m1/s1. The zero-order valence-corrected chi connectivity index (χ0v) is 23.4. The van der Waals surface area contributed by atoms with Gasteiger partial charge in [-0.1, -0.05) is 26.7 Å². The third kappa shape index (κ3) is 5.01. The van der Waals surface area contributed by atoms with Gasteiger partial charge in [0.05, 0.1) is 11.6 Å². The molecule has 12 heteroatoms. The number of carbonyl (C=O) groups excluding carboxylic acids is 2. The van der Waals surface area contributed by atoms with Crippen LogP contribution in [-0.4, -0.2) is 83.4 Å². The highest BCUT2D eigenvalue weighted by Crippen LogP contribution is 2.35. The maximum atomic E-state index is 13.3. The van der Waals surface area contributed by atoms with E-state index in [4.69, 9.17) is 5.73 Å². The van der Waals surface area contributed by atoms with Crippen LogP contribution in [0.4, 0.5) is 11.8 Å². The fourth-order valence-electron chi connectivity index (χ4n) is 6.54. The molecule has 2 amide bonds. The van der Waals surface area contributed by atoms with Gasteiger partial charge in [-0.05, 0) is 49.8 Å². The van der Waals surface area contributed by atoms with Gasteiger partial charge in [0, 0.05) is 49.0 Å². The molecule has 3 fully saturated rings. The summed E-state index contributed by atoms with van der Waals surface area (Å²) in [6.07, 6.45) is 8.86. The van der Waals surface area contributed by atoms with E-state index in [1.54, 1.807) is 24.4 Å². The predicted octanol–water partition coefficient (Wildman–Crippen LogP) is 3.18. The van der Waals surface area contributed by atoms with Crippen LogP contribution in [0.2, 0.25) is 0 Å². The molecule has 0 radical (unpaired) electrons. The van der Waals surface area contributed by atoms with Gasteiger partial charge in [-0.25, -0.2) is 14.8 Å². The first kappa shape index (κ1) is 27.1. The van der Waals surface area contributed by atoms with E-state index >= 15 is 0 Å². The molecule has 5 heterocycles. The molecular formula is C29H36N8O4. The summed E-state index contributed by atoms with van der Waals surface area (Å²) >= 11 is 0. The molecule has 2 bridgehead atoms. The molecule has 0 spiro atoms. The quantitative estimate of drug-likeness (QED) is 0.394. The lowest BCUT2D eigenvalue weighted by molar-refractivity contribution is -0.138. The van der Waals surface area contributed by atoms with Gasteiger partial charge in [-0.2, -0.15) is 4.98 Å². The summed E-state index contributed by atoms with van der Waals surface area (Å²) in [6, 6.07) is 4.59. The number of carbonyl (C=O) groups is 3. The van der Waals surface area contributed by atoms with Crippen LogP contribution in [0.3, 0.4) is 0 Å². The predicted molar refractivity (Wildman–Crippen MR) is 152 cm³/mol. The van der Waals surface area contributed by atoms with Crippen molar-refractivity contribution in [1.29, 1.82) is 0 Å². The number of likely N-dealkylation sites (tertiary alicyclic amines) is 1. The zero-order chi connectivity index (χ0) is 28.8. The van der Waals surface area contributed by atoms with E-state index in [0.717, 1.165) is 38.5 Å². The normalized spacial score (nSPS) is 21.6. The highest BCUT2D eigenvalue weighted by atomic mass is 16.4. The number of pyridine rings is 1. The Balaban J connectivity index is 1.15. The van der Waals surface area contributed by atoms with Crippen molar-refractivity contribution in [3.05, 3.63) is 41.9 Å². The first-order chi connectivity index (χ1) is 19.7. The number of hydrogen-bond donors (Lipinski definition) is 3. The lowest BCUT2D eigenvalue weighted by Gasteiger charge is -2.42. The number of rotatable bonds is 7. The number of fused-ring (bicyclic) bond motifs is 3. The van der Waals surface area contributed by atoms with Gasteiger partial charge < -0.3 is 30.5 Å². The number of nitrogens with one attached hydrogen (secondary N) is 1. The second-order valence-electron chi connectivity index (χ2n) is 11.8. The van der Waals surface area contributed by atoms with Crippen molar-refractivity contribution in [2.24, 2.45) is 11.7 Å². The Hall–Kier alpha value is -4.06. The molecular weight excluding hydrogens is 524 g/mol. The van der Waals surface area contributed by atoms with Gasteiger partial charge in [0.25, 0.3) is 5.91 Å². The summed E-state index contributed by atoms with van der Waals surface area (Å²) in [6.45, 7) is 4.87. The number of hydrogen-bond acceptors (Lipinski definition) is 8. The third-order valence-electron chi connectivity index (χ3n) is 8.76. The lowest BCUT2D eigenvalue weighted by Crippen LogP contribution is -2.60. The number of aromatic nitrogens is 4. The molecule has 2 saturated heterocycles. The second kappa shape index (κ2) is 10.7. The number of amides is 2. The van der Waals surface area contributed by atoms with Crippen molar-refractivity contribution in [2.75, 3.05) is 18.4 Å². The first-order valence-electron chi connectivity index (χ1n) is 14.4. The fourth-order valence-corrected chi connectivity index (χ4v) is 6.54. The van der Waals surface area contributed by atoms with E-state index in [1.165, 1.54) is 6.20 Å². The van der Waals surface area contributed by atoms with Crippen LogP contribution in [0.1, 0.15) is 79.3 Å². The Kier molecular flexibility index (Phi) is 7.10. The maximum Gasteiger partial charge on any atom is 0.352 e. The molecule has 41 heavy (non-hydrogen) atoms. The van der Waals surface area contributed by atoms with E-state index in [0.29, 0.717) is 41.5 Å². The summed E-state index contributed by atoms with van der Waals surface area (Å²) < 4.78 is 1.82. The number of nitrogens with two attached hydrogens (primary N) is 1. The van der Waals surface area contributed by atoms with Crippen molar-refractivity contribution in [3.63, 3.8) is 0 Å². The van der Waals surface area contributed by atoms with Crippen molar-refractivity contribution in [2.45, 2.75) is 76.5 Å². The summed E-state index contributed by atoms with van der Waals surface area (Å²) in [5.74, 6) is -0.286. The SMILES string of the molecule is CC(C)[C@@H](N)C(=O)N1C2CCC1CN(C(=O)c1ccc(Nc3ncc4cc(C(=O)O)n(C5CCCC5)c4n3)nc1)C2. The van der Waals surface area contributed by atoms with Crippen LogP contribution in [0, 0.1) is 5.92 Å². The summed E-state index contributed by atoms with van der Waals surface area (Å²) in [7, 11) is 0. The molecule has 3 aromatic rings. The average molecular weight is 561 g/mol. The maximum absolute atomic E-state index is 13.3. The van der Waals surface area contributed by atoms with Crippen LogP contribution in [0.5, 0.6) is 0 Å². The van der Waals surface area contributed by atoms with Crippen LogP contribution in [0.25, 0.3) is 11.0 Å². The van der Waals surface area contributed by atoms with E-state index in [-0.39, 0.29) is 41.6 Å². The first-order valence-corrected chi connectivity index (χ1v) is 14.4. The number of carboxylic acids is 1. The summed E-state index contributed by atoms with van der Waals surface area (Å²) in [4.78, 5) is 55.4. The smallest absolute Gasteiger partial charge is 0.352 e. The molecule has 0 aromatic carbocycles. The largest absolute Gasteiger partial charge is 0.477 e. The molecule has 3 atom stereocenters. The van der Waals surface area contributed by atoms with Gasteiger partial charge in [-0.15, -0.1) is 0 Å². The van der Waals surface area contributed by atoms with Crippen molar-refractivity contribution < 1.29 is 19.5 Å². The van der Waals surface area contributed by atoms with E-state index in [1.807, 2.05) is 28.2 Å². The van der Waals surface area contributed by atoms with Crippen molar-refractivity contribution >= 4 is 40.6 Å².